The maximum Gasteiger partial charge on any atom is 0.126 e. The molecule has 1 atom stereocenters. The van der Waals surface area contributed by atoms with Gasteiger partial charge in [-0.2, -0.15) is 11.8 Å². The lowest BCUT2D eigenvalue weighted by atomic mass is 10.1. The summed E-state index contributed by atoms with van der Waals surface area (Å²) in [6, 6.07) is 3.62. The van der Waals surface area contributed by atoms with Crippen LogP contribution in [0.1, 0.15) is 32.4 Å². The van der Waals surface area contributed by atoms with Crippen molar-refractivity contribution < 1.29 is 8.78 Å². The van der Waals surface area contributed by atoms with Crippen molar-refractivity contribution in [3.8, 4) is 0 Å². The van der Waals surface area contributed by atoms with E-state index in [4.69, 9.17) is 0 Å². The third-order valence-electron chi connectivity index (χ3n) is 2.32. The Balaban J connectivity index is 2.79. The van der Waals surface area contributed by atoms with E-state index in [9.17, 15) is 8.78 Å². The van der Waals surface area contributed by atoms with Crippen molar-refractivity contribution in [1.82, 2.24) is 5.32 Å². The summed E-state index contributed by atoms with van der Waals surface area (Å²) in [6.45, 7) is 6.36. The molecule has 1 nitrogen and oxygen atoms in total. The van der Waals surface area contributed by atoms with Crippen LogP contribution in [0.5, 0.6) is 0 Å². The number of hydrogen-bond acceptors (Lipinski definition) is 2. The van der Waals surface area contributed by atoms with Gasteiger partial charge in [0.1, 0.15) is 11.6 Å². The minimum Gasteiger partial charge on any atom is -0.312 e. The lowest BCUT2D eigenvalue weighted by Crippen LogP contribution is -2.22. The van der Waals surface area contributed by atoms with Crippen LogP contribution in [-0.2, 0) is 0 Å². The van der Waals surface area contributed by atoms with Crippen LogP contribution in [0.15, 0.2) is 18.2 Å². The van der Waals surface area contributed by atoms with E-state index < -0.39 is 11.6 Å². The first-order chi connectivity index (χ1) is 7.81. The normalized spacial score (nSPS) is 13.8. The molecule has 0 bridgehead atoms. The van der Waals surface area contributed by atoms with Gasteiger partial charge in [0.15, 0.2) is 0 Å². The number of nitrogens with one attached hydrogen (secondary N) is 1. The van der Waals surface area contributed by atoms with Crippen molar-refractivity contribution in [3.05, 3.63) is 35.4 Å². The van der Waals surface area contributed by atoms with Crippen molar-refractivity contribution in [1.29, 1.82) is 0 Å². The molecule has 4 heteroatoms. The average Bonchev–Trinajstić information content (AvgIpc) is 2.15. The average molecular weight is 259 g/mol. The van der Waals surface area contributed by atoms with E-state index >= 15 is 0 Å². The van der Waals surface area contributed by atoms with E-state index in [-0.39, 0.29) is 10.8 Å². The summed E-state index contributed by atoms with van der Waals surface area (Å²) in [5.41, 5.74) is 0.654. The largest absolute Gasteiger partial charge is 0.312 e. The van der Waals surface area contributed by atoms with Gasteiger partial charge in [-0.15, -0.1) is 0 Å². The fourth-order valence-electron chi connectivity index (χ4n) is 1.46. The van der Waals surface area contributed by atoms with Crippen LogP contribution in [0.25, 0.3) is 0 Å². The molecule has 0 fully saturated rings. The molecule has 1 N–H and O–H groups in total. The predicted molar refractivity (Wildman–Crippen MR) is 70.4 cm³/mol. The second kappa shape index (κ2) is 5.83. The van der Waals surface area contributed by atoms with Gasteiger partial charge >= 0.3 is 0 Å². The Hall–Kier alpha value is -0.610. The minimum absolute atomic E-state index is 0.0376. The van der Waals surface area contributed by atoms with Gasteiger partial charge in [0.25, 0.3) is 0 Å². The lowest BCUT2D eigenvalue weighted by molar-refractivity contribution is 0.568. The monoisotopic (exact) mass is 259 g/mol. The van der Waals surface area contributed by atoms with Crippen LogP contribution < -0.4 is 5.32 Å². The highest BCUT2D eigenvalue weighted by molar-refractivity contribution is 8.00. The molecular formula is C13H19F2NS. The molecule has 0 aromatic heterocycles. The van der Waals surface area contributed by atoms with Crippen LogP contribution in [-0.4, -0.2) is 17.5 Å². The van der Waals surface area contributed by atoms with Gasteiger partial charge in [0, 0.05) is 22.6 Å². The Labute approximate surface area is 106 Å². The molecular weight excluding hydrogens is 240 g/mol. The maximum absolute atomic E-state index is 13.1. The summed E-state index contributed by atoms with van der Waals surface area (Å²) >= 11 is 1.77. The summed E-state index contributed by atoms with van der Waals surface area (Å²) in [5.74, 6) is -0.273. The Morgan fingerprint density at radius 3 is 2.12 bits per heavy atom. The van der Waals surface area contributed by atoms with Gasteiger partial charge in [0.2, 0.25) is 0 Å². The van der Waals surface area contributed by atoms with Crippen molar-refractivity contribution in [3.63, 3.8) is 0 Å². The smallest absolute Gasteiger partial charge is 0.126 e. The van der Waals surface area contributed by atoms with Gasteiger partial charge in [-0.25, -0.2) is 8.78 Å². The fourth-order valence-corrected chi connectivity index (χ4v) is 2.48. The van der Waals surface area contributed by atoms with Gasteiger partial charge in [-0.3, -0.25) is 0 Å². The van der Waals surface area contributed by atoms with E-state index in [0.717, 1.165) is 11.8 Å². The second-order valence-corrected chi connectivity index (χ2v) is 6.81. The molecule has 1 aromatic carbocycles. The zero-order valence-electron chi connectivity index (χ0n) is 10.7. The van der Waals surface area contributed by atoms with E-state index in [1.54, 1.807) is 18.8 Å². The number of benzene rings is 1. The molecule has 0 aliphatic heterocycles. The standard InChI is InChI=1S/C13H19F2NS/c1-13(2,3)17-8-12(16-4)9-5-10(14)7-11(15)6-9/h5-7,12,16H,8H2,1-4H3. The fraction of sp³-hybridized carbons (Fsp3) is 0.538. The van der Waals surface area contributed by atoms with Gasteiger partial charge in [-0.05, 0) is 24.7 Å². The Morgan fingerprint density at radius 2 is 1.71 bits per heavy atom. The van der Waals surface area contributed by atoms with Crippen molar-refractivity contribution >= 4 is 11.8 Å². The highest BCUT2D eigenvalue weighted by atomic mass is 32.2. The Morgan fingerprint density at radius 1 is 1.18 bits per heavy atom. The summed E-state index contributed by atoms with van der Waals surface area (Å²) in [6.07, 6.45) is 0. The minimum atomic E-state index is -0.527. The summed E-state index contributed by atoms with van der Waals surface area (Å²) < 4.78 is 26.4. The van der Waals surface area contributed by atoms with Crippen LogP contribution in [0.4, 0.5) is 8.78 Å². The molecule has 17 heavy (non-hydrogen) atoms. The summed E-state index contributed by atoms with van der Waals surface area (Å²) in [5, 5.41) is 3.09. The molecule has 1 unspecified atom stereocenters. The molecule has 1 rings (SSSR count). The highest BCUT2D eigenvalue weighted by Crippen LogP contribution is 2.28. The zero-order valence-corrected chi connectivity index (χ0v) is 11.5. The first kappa shape index (κ1) is 14.5. The molecule has 0 saturated carbocycles. The van der Waals surface area contributed by atoms with Crippen LogP contribution >= 0.6 is 11.8 Å². The van der Waals surface area contributed by atoms with E-state index in [2.05, 4.69) is 26.1 Å². The van der Waals surface area contributed by atoms with Crippen LogP contribution in [0.3, 0.4) is 0 Å². The lowest BCUT2D eigenvalue weighted by Gasteiger charge is -2.23. The second-order valence-electron chi connectivity index (χ2n) is 4.97. The maximum atomic E-state index is 13.1. The molecule has 0 aliphatic carbocycles. The van der Waals surface area contributed by atoms with Crippen molar-refractivity contribution in [2.45, 2.75) is 31.6 Å². The van der Waals surface area contributed by atoms with Gasteiger partial charge < -0.3 is 5.32 Å². The van der Waals surface area contributed by atoms with Crippen LogP contribution in [0.2, 0.25) is 0 Å². The third kappa shape index (κ3) is 5.04. The molecule has 0 saturated heterocycles. The quantitative estimate of drug-likeness (QED) is 0.883. The first-order valence-electron chi connectivity index (χ1n) is 5.59. The van der Waals surface area contributed by atoms with Crippen molar-refractivity contribution in [2.24, 2.45) is 0 Å². The molecule has 1 aromatic rings. The Kier molecular flexibility index (Phi) is 4.95. The molecule has 0 radical (unpaired) electrons. The number of hydrogen-bond donors (Lipinski definition) is 1. The number of halogens is 2. The molecule has 0 amide bonds. The third-order valence-corrected chi connectivity index (χ3v) is 3.68. The van der Waals surface area contributed by atoms with Crippen molar-refractivity contribution in [2.75, 3.05) is 12.8 Å². The van der Waals surface area contributed by atoms with E-state index in [1.165, 1.54) is 12.1 Å². The van der Waals surface area contributed by atoms with Crippen LogP contribution in [0, 0.1) is 11.6 Å². The predicted octanol–water partition coefficient (Wildman–Crippen LogP) is 3.76. The zero-order chi connectivity index (χ0) is 13.1. The highest BCUT2D eigenvalue weighted by Gasteiger charge is 2.17. The number of thioether (sulfide) groups is 1. The summed E-state index contributed by atoms with van der Waals surface area (Å²) in [7, 11) is 1.80. The summed E-state index contributed by atoms with van der Waals surface area (Å²) in [4.78, 5) is 0. The Bertz CT molecular complexity index is 354. The molecule has 0 aliphatic rings. The molecule has 0 heterocycles. The SMILES string of the molecule is CNC(CSC(C)(C)C)c1cc(F)cc(F)c1. The molecule has 0 spiro atoms. The number of rotatable bonds is 4. The van der Waals surface area contributed by atoms with Gasteiger partial charge in [0.05, 0.1) is 0 Å². The van der Waals surface area contributed by atoms with Gasteiger partial charge in [-0.1, -0.05) is 20.8 Å². The van der Waals surface area contributed by atoms with E-state index in [0.29, 0.717) is 5.56 Å². The first-order valence-corrected chi connectivity index (χ1v) is 6.57. The van der Waals surface area contributed by atoms with E-state index in [1.807, 2.05) is 0 Å². The topological polar surface area (TPSA) is 12.0 Å². The molecule has 96 valence electrons.